The van der Waals surface area contributed by atoms with Crippen molar-refractivity contribution in [2.75, 3.05) is 13.7 Å². The number of rotatable bonds is 8. The lowest BCUT2D eigenvalue weighted by atomic mass is 10.1. The van der Waals surface area contributed by atoms with Crippen LogP contribution in [0.15, 0.2) is 57.6 Å². The number of esters is 1. The molecule has 2 aromatic carbocycles. The Hall–Kier alpha value is -3.74. The lowest BCUT2D eigenvalue weighted by Gasteiger charge is -2.14. The molecular weight excluding hydrogens is 504 g/mol. The molecule has 0 aromatic heterocycles. The standard InChI is InChI=1S/C26H23ClN2O6S/c1-4-21(30)29-25-22(26(32)34-5-2)23(31)20(36-25)12-15-10-18(27)24(19(11-15)33-3)35-14-17-9-7-6-8-16(17)13-28/h6-12,31H,4-5,14H2,1-3H3/b20-12-,29-25?. The maximum Gasteiger partial charge on any atom is 0.344 e. The molecule has 10 heteroatoms. The van der Waals surface area contributed by atoms with E-state index in [4.69, 9.17) is 25.8 Å². The molecule has 1 aliphatic heterocycles. The van der Waals surface area contributed by atoms with Crippen molar-refractivity contribution in [1.82, 2.24) is 0 Å². The van der Waals surface area contributed by atoms with E-state index in [1.54, 1.807) is 50.3 Å². The topological polar surface area (TPSA) is 118 Å². The van der Waals surface area contributed by atoms with E-state index in [-0.39, 0.29) is 51.7 Å². The number of amides is 1. The Labute approximate surface area is 217 Å². The molecule has 0 saturated carbocycles. The van der Waals surface area contributed by atoms with Crippen molar-refractivity contribution in [3.8, 4) is 17.6 Å². The van der Waals surface area contributed by atoms with E-state index >= 15 is 0 Å². The van der Waals surface area contributed by atoms with E-state index in [2.05, 4.69) is 11.1 Å². The number of carbonyl (C=O) groups excluding carboxylic acids is 2. The molecule has 0 aliphatic carbocycles. The molecule has 186 valence electrons. The van der Waals surface area contributed by atoms with Crippen LogP contribution in [0.5, 0.6) is 11.5 Å². The minimum Gasteiger partial charge on any atom is -0.506 e. The van der Waals surface area contributed by atoms with E-state index in [9.17, 15) is 20.0 Å². The van der Waals surface area contributed by atoms with Gasteiger partial charge < -0.3 is 19.3 Å². The largest absolute Gasteiger partial charge is 0.506 e. The van der Waals surface area contributed by atoms with Gasteiger partial charge in [-0.1, -0.05) is 48.5 Å². The zero-order chi connectivity index (χ0) is 26.2. The van der Waals surface area contributed by atoms with E-state index in [1.165, 1.54) is 7.11 Å². The number of hydrogen-bond donors (Lipinski definition) is 1. The molecule has 2 aromatic rings. The summed E-state index contributed by atoms with van der Waals surface area (Å²) >= 11 is 7.46. The van der Waals surface area contributed by atoms with Gasteiger partial charge in [0.2, 0.25) is 5.91 Å². The highest BCUT2D eigenvalue weighted by Gasteiger charge is 2.33. The Balaban J connectivity index is 1.95. The first kappa shape index (κ1) is 26.9. The Kier molecular flexibility index (Phi) is 9.17. The first-order valence-electron chi connectivity index (χ1n) is 10.9. The van der Waals surface area contributed by atoms with Gasteiger partial charge >= 0.3 is 5.97 Å². The highest BCUT2D eigenvalue weighted by Crippen LogP contribution is 2.42. The number of carbonyl (C=O) groups is 2. The van der Waals surface area contributed by atoms with Crippen LogP contribution in [0.2, 0.25) is 5.02 Å². The van der Waals surface area contributed by atoms with E-state index in [0.717, 1.165) is 11.8 Å². The normalized spacial score (nSPS) is 15.2. The Bertz CT molecular complexity index is 1330. The number of ether oxygens (including phenoxy) is 3. The second kappa shape index (κ2) is 12.3. The molecule has 0 saturated heterocycles. The molecule has 1 heterocycles. The van der Waals surface area contributed by atoms with Crippen LogP contribution >= 0.6 is 23.4 Å². The van der Waals surface area contributed by atoms with Gasteiger partial charge in [0.1, 0.15) is 23.0 Å². The summed E-state index contributed by atoms with van der Waals surface area (Å²) in [6.07, 6.45) is 1.73. The van der Waals surface area contributed by atoms with Gasteiger partial charge in [-0.15, -0.1) is 0 Å². The van der Waals surface area contributed by atoms with Gasteiger partial charge in [-0.2, -0.15) is 5.26 Å². The van der Waals surface area contributed by atoms with Gasteiger partial charge in [-0.3, -0.25) is 4.79 Å². The Morgan fingerprint density at radius 3 is 2.67 bits per heavy atom. The van der Waals surface area contributed by atoms with Gasteiger partial charge in [-0.05, 0) is 36.8 Å². The lowest BCUT2D eigenvalue weighted by molar-refractivity contribution is -0.138. The van der Waals surface area contributed by atoms with E-state index in [0.29, 0.717) is 22.4 Å². The molecule has 1 amide bonds. The minimum atomic E-state index is -0.773. The molecule has 0 bridgehead atoms. The second-order valence-electron chi connectivity index (χ2n) is 7.31. The third-order valence-corrected chi connectivity index (χ3v) is 6.26. The molecule has 3 rings (SSSR count). The molecule has 0 atom stereocenters. The van der Waals surface area contributed by atoms with Crippen molar-refractivity contribution in [1.29, 1.82) is 5.26 Å². The van der Waals surface area contributed by atoms with Crippen molar-refractivity contribution in [3.63, 3.8) is 0 Å². The molecule has 0 radical (unpaired) electrons. The number of nitriles is 1. The number of hydrogen-bond acceptors (Lipinski definition) is 8. The van der Waals surface area contributed by atoms with Crippen molar-refractivity contribution in [3.05, 3.63) is 74.3 Å². The van der Waals surface area contributed by atoms with Crippen molar-refractivity contribution < 1.29 is 28.9 Å². The molecule has 36 heavy (non-hydrogen) atoms. The first-order chi connectivity index (χ1) is 17.3. The fourth-order valence-electron chi connectivity index (χ4n) is 3.20. The maximum atomic E-state index is 12.4. The highest BCUT2D eigenvalue weighted by molar-refractivity contribution is 8.18. The number of aliphatic hydroxyl groups is 1. The number of aliphatic hydroxyl groups excluding tert-OH is 1. The van der Waals surface area contributed by atoms with Crippen LogP contribution in [0.1, 0.15) is 37.0 Å². The summed E-state index contributed by atoms with van der Waals surface area (Å²) in [5, 5.41) is 20.3. The van der Waals surface area contributed by atoms with Gasteiger partial charge in [-0.25, -0.2) is 9.79 Å². The second-order valence-corrected chi connectivity index (χ2v) is 8.75. The summed E-state index contributed by atoms with van der Waals surface area (Å²) in [7, 11) is 1.46. The molecule has 8 nitrogen and oxygen atoms in total. The minimum absolute atomic E-state index is 0.0678. The molecule has 0 fully saturated rings. The van der Waals surface area contributed by atoms with Crippen molar-refractivity contribution in [2.24, 2.45) is 4.99 Å². The predicted molar refractivity (Wildman–Crippen MR) is 138 cm³/mol. The fourth-order valence-corrected chi connectivity index (χ4v) is 4.51. The zero-order valence-electron chi connectivity index (χ0n) is 19.8. The average Bonchev–Trinajstić information content (AvgIpc) is 3.17. The zero-order valence-corrected chi connectivity index (χ0v) is 21.4. The van der Waals surface area contributed by atoms with Gasteiger partial charge in [0, 0.05) is 12.0 Å². The quantitative estimate of drug-likeness (QED) is 0.442. The lowest BCUT2D eigenvalue weighted by Crippen LogP contribution is -2.14. The van der Waals surface area contributed by atoms with Crippen molar-refractivity contribution >= 4 is 46.4 Å². The number of methoxy groups -OCH3 is 1. The number of aliphatic imine (C=N–C) groups is 1. The third-order valence-electron chi connectivity index (χ3n) is 4.96. The molecule has 1 N–H and O–H groups in total. The number of benzene rings is 2. The average molecular weight is 527 g/mol. The maximum absolute atomic E-state index is 12.4. The molecule has 1 aliphatic rings. The van der Waals surface area contributed by atoms with Gasteiger partial charge in [0.15, 0.2) is 11.5 Å². The predicted octanol–water partition coefficient (Wildman–Crippen LogP) is 5.60. The molecule has 0 unspecified atom stereocenters. The van der Waals surface area contributed by atoms with Crippen LogP contribution in [0.25, 0.3) is 6.08 Å². The van der Waals surface area contributed by atoms with E-state index in [1.807, 2.05) is 6.07 Å². The molecular formula is C26H23ClN2O6S. The summed E-state index contributed by atoms with van der Waals surface area (Å²) < 4.78 is 16.4. The summed E-state index contributed by atoms with van der Waals surface area (Å²) in [6, 6.07) is 12.4. The summed E-state index contributed by atoms with van der Waals surface area (Å²) in [5.74, 6) is -0.931. The van der Waals surface area contributed by atoms with Crippen LogP contribution in [0, 0.1) is 11.3 Å². The number of thioether (sulfide) groups is 1. The van der Waals surface area contributed by atoms with Crippen LogP contribution in [-0.2, 0) is 20.9 Å². The third kappa shape index (κ3) is 6.08. The Morgan fingerprint density at radius 2 is 2.00 bits per heavy atom. The smallest absolute Gasteiger partial charge is 0.344 e. The first-order valence-corrected chi connectivity index (χ1v) is 12.1. The Morgan fingerprint density at radius 1 is 1.25 bits per heavy atom. The van der Waals surface area contributed by atoms with Crippen LogP contribution in [0.3, 0.4) is 0 Å². The number of halogens is 1. The van der Waals surface area contributed by atoms with Crippen LogP contribution in [-0.4, -0.2) is 35.7 Å². The van der Waals surface area contributed by atoms with Crippen LogP contribution in [0.4, 0.5) is 0 Å². The summed E-state index contributed by atoms with van der Waals surface area (Å²) in [4.78, 5) is 28.5. The summed E-state index contributed by atoms with van der Waals surface area (Å²) in [5.41, 5.74) is 1.57. The monoisotopic (exact) mass is 526 g/mol. The highest BCUT2D eigenvalue weighted by atomic mass is 35.5. The SMILES string of the molecule is CCOC(=O)C1=C(O)/C(=C/c2cc(Cl)c(OCc3ccccc3C#N)c(OC)c2)SC1=NC(=O)CC. The van der Waals surface area contributed by atoms with Gasteiger partial charge in [0.25, 0.3) is 0 Å². The van der Waals surface area contributed by atoms with Gasteiger partial charge in [0.05, 0.1) is 35.3 Å². The van der Waals surface area contributed by atoms with E-state index < -0.39 is 11.9 Å². The summed E-state index contributed by atoms with van der Waals surface area (Å²) in [6.45, 7) is 3.49. The number of nitrogens with zero attached hydrogens (tertiary/aromatic N) is 2. The fraction of sp³-hybridized carbons (Fsp3) is 0.231. The van der Waals surface area contributed by atoms with Crippen LogP contribution < -0.4 is 9.47 Å². The molecule has 0 spiro atoms. The van der Waals surface area contributed by atoms with Crippen molar-refractivity contribution in [2.45, 2.75) is 26.9 Å².